The molecule has 0 aliphatic carbocycles. The predicted molar refractivity (Wildman–Crippen MR) is 78.3 cm³/mol. The minimum absolute atomic E-state index is 0.0241. The van der Waals surface area contributed by atoms with Gasteiger partial charge in [-0.1, -0.05) is 18.2 Å². The maximum absolute atomic E-state index is 11.5. The van der Waals surface area contributed by atoms with E-state index in [-0.39, 0.29) is 5.91 Å². The number of nitrogens with one attached hydrogen (secondary N) is 2. The van der Waals surface area contributed by atoms with Crippen LogP contribution in [0.3, 0.4) is 0 Å². The fraction of sp³-hybridized carbons (Fsp3) is 0.333. The molecule has 2 N–H and O–H groups in total. The van der Waals surface area contributed by atoms with Gasteiger partial charge in [0.15, 0.2) is 0 Å². The minimum Gasteiger partial charge on any atom is -0.383 e. The summed E-state index contributed by atoms with van der Waals surface area (Å²) in [6.07, 6.45) is 3.62. The quantitative estimate of drug-likeness (QED) is 0.741. The molecule has 1 aromatic heterocycles. The van der Waals surface area contributed by atoms with E-state index in [0.717, 1.165) is 16.3 Å². The monoisotopic (exact) mass is 273 g/mol. The van der Waals surface area contributed by atoms with Gasteiger partial charge in [-0.3, -0.25) is 9.78 Å². The molecule has 0 spiro atoms. The maximum Gasteiger partial charge on any atom is 0.234 e. The van der Waals surface area contributed by atoms with Crippen molar-refractivity contribution in [2.24, 2.45) is 0 Å². The van der Waals surface area contributed by atoms with Gasteiger partial charge in [-0.05, 0) is 17.0 Å². The summed E-state index contributed by atoms with van der Waals surface area (Å²) in [7, 11) is 1.61. The Bertz CT molecular complexity index is 567. The van der Waals surface area contributed by atoms with Gasteiger partial charge in [0.2, 0.25) is 5.91 Å². The molecule has 20 heavy (non-hydrogen) atoms. The summed E-state index contributed by atoms with van der Waals surface area (Å²) in [6.45, 7) is 2.02. The van der Waals surface area contributed by atoms with Crippen molar-refractivity contribution < 1.29 is 9.53 Å². The highest BCUT2D eigenvalue weighted by Crippen LogP contribution is 2.16. The van der Waals surface area contributed by atoms with Gasteiger partial charge in [0.05, 0.1) is 13.2 Å². The first kappa shape index (κ1) is 14.4. The lowest BCUT2D eigenvalue weighted by Crippen LogP contribution is -2.35. The van der Waals surface area contributed by atoms with Crippen molar-refractivity contribution in [2.45, 2.75) is 6.54 Å². The van der Waals surface area contributed by atoms with Crippen molar-refractivity contribution in [1.82, 2.24) is 15.6 Å². The highest BCUT2D eigenvalue weighted by molar-refractivity contribution is 5.84. The zero-order chi connectivity index (χ0) is 14.2. The number of nitrogens with zero attached hydrogens (tertiary/aromatic N) is 1. The van der Waals surface area contributed by atoms with Crippen molar-refractivity contribution in [3.05, 3.63) is 42.2 Å². The van der Waals surface area contributed by atoms with Crippen LogP contribution < -0.4 is 10.6 Å². The van der Waals surface area contributed by atoms with Gasteiger partial charge in [-0.15, -0.1) is 0 Å². The van der Waals surface area contributed by atoms with E-state index < -0.39 is 0 Å². The van der Waals surface area contributed by atoms with E-state index in [1.54, 1.807) is 13.3 Å². The number of ether oxygens (including phenoxy) is 1. The number of aromatic nitrogens is 1. The number of hydrogen-bond acceptors (Lipinski definition) is 4. The first-order valence-corrected chi connectivity index (χ1v) is 6.59. The molecule has 2 rings (SSSR count). The molecule has 0 fully saturated rings. The Balaban J connectivity index is 1.85. The molecule has 106 valence electrons. The van der Waals surface area contributed by atoms with Crippen molar-refractivity contribution >= 4 is 16.7 Å². The number of benzene rings is 1. The fourth-order valence-electron chi connectivity index (χ4n) is 2.01. The summed E-state index contributed by atoms with van der Waals surface area (Å²) in [5.41, 5.74) is 1.16. The van der Waals surface area contributed by atoms with Gasteiger partial charge in [-0.2, -0.15) is 0 Å². The van der Waals surface area contributed by atoms with Crippen LogP contribution in [0.4, 0.5) is 0 Å². The second-order valence-corrected chi connectivity index (χ2v) is 4.46. The number of methoxy groups -OCH3 is 1. The predicted octanol–water partition coefficient (Wildman–Crippen LogP) is 1.09. The molecular formula is C15H19N3O2. The van der Waals surface area contributed by atoms with Crippen LogP contribution in [0.15, 0.2) is 36.7 Å². The van der Waals surface area contributed by atoms with E-state index in [1.807, 2.05) is 24.4 Å². The van der Waals surface area contributed by atoms with Crippen molar-refractivity contribution in [3.63, 3.8) is 0 Å². The van der Waals surface area contributed by atoms with E-state index in [4.69, 9.17) is 4.74 Å². The highest BCUT2D eigenvalue weighted by Gasteiger charge is 2.02. The van der Waals surface area contributed by atoms with Crippen LogP contribution in [0.1, 0.15) is 5.56 Å². The SMILES string of the molecule is COCCNC(=O)CNCc1cccc2cnccc12. The number of carbonyl (C=O) groups is 1. The Hall–Kier alpha value is -1.98. The largest absolute Gasteiger partial charge is 0.383 e. The average molecular weight is 273 g/mol. The van der Waals surface area contributed by atoms with Gasteiger partial charge in [0, 0.05) is 38.0 Å². The Morgan fingerprint density at radius 2 is 2.25 bits per heavy atom. The fourth-order valence-corrected chi connectivity index (χ4v) is 2.01. The molecule has 0 saturated heterocycles. The molecule has 1 amide bonds. The summed E-state index contributed by atoms with van der Waals surface area (Å²) in [4.78, 5) is 15.6. The molecule has 0 bridgehead atoms. The lowest BCUT2D eigenvalue weighted by Gasteiger charge is -2.08. The molecule has 5 heteroatoms. The number of carbonyl (C=O) groups excluding carboxylic acids is 1. The standard InChI is InChI=1S/C15H19N3O2/c1-20-8-7-18-15(19)11-17-10-13-4-2-3-12-9-16-6-5-14(12)13/h2-6,9,17H,7-8,10-11H2,1H3,(H,18,19). The molecule has 1 heterocycles. The van der Waals surface area contributed by atoms with Crippen LogP contribution in [-0.4, -0.2) is 37.7 Å². The van der Waals surface area contributed by atoms with E-state index in [2.05, 4.69) is 21.7 Å². The van der Waals surface area contributed by atoms with Crippen LogP contribution >= 0.6 is 0 Å². The van der Waals surface area contributed by atoms with Crippen LogP contribution in [-0.2, 0) is 16.1 Å². The second-order valence-electron chi connectivity index (χ2n) is 4.46. The van der Waals surface area contributed by atoms with E-state index in [9.17, 15) is 4.79 Å². The summed E-state index contributed by atoms with van der Waals surface area (Å²) in [5.74, 6) is -0.0241. The Morgan fingerprint density at radius 1 is 1.35 bits per heavy atom. The van der Waals surface area contributed by atoms with Gasteiger partial charge >= 0.3 is 0 Å². The molecule has 5 nitrogen and oxygen atoms in total. The second kappa shape index (κ2) is 7.57. The zero-order valence-electron chi connectivity index (χ0n) is 11.6. The molecule has 0 unspecified atom stereocenters. The summed E-state index contributed by atoms with van der Waals surface area (Å²) in [6, 6.07) is 8.08. The molecule has 0 radical (unpaired) electrons. The van der Waals surface area contributed by atoms with Crippen molar-refractivity contribution in [1.29, 1.82) is 0 Å². The van der Waals surface area contributed by atoms with Crippen molar-refractivity contribution in [2.75, 3.05) is 26.8 Å². The van der Waals surface area contributed by atoms with Crippen LogP contribution in [0, 0.1) is 0 Å². The highest BCUT2D eigenvalue weighted by atomic mass is 16.5. The first-order valence-electron chi connectivity index (χ1n) is 6.59. The third-order valence-corrected chi connectivity index (χ3v) is 3.00. The average Bonchev–Trinajstić information content (AvgIpc) is 2.48. The molecule has 1 aromatic carbocycles. The van der Waals surface area contributed by atoms with Gasteiger partial charge < -0.3 is 15.4 Å². The number of fused-ring (bicyclic) bond motifs is 1. The molecule has 0 aliphatic heterocycles. The molecule has 0 atom stereocenters. The third-order valence-electron chi connectivity index (χ3n) is 3.00. The van der Waals surface area contributed by atoms with E-state index in [1.165, 1.54) is 0 Å². The summed E-state index contributed by atoms with van der Waals surface area (Å²) < 4.78 is 4.87. The lowest BCUT2D eigenvalue weighted by molar-refractivity contribution is -0.120. The number of rotatable bonds is 7. The lowest BCUT2D eigenvalue weighted by atomic mass is 10.1. The van der Waals surface area contributed by atoms with E-state index in [0.29, 0.717) is 26.2 Å². The Morgan fingerprint density at radius 3 is 3.10 bits per heavy atom. The Kier molecular flexibility index (Phi) is 5.46. The smallest absolute Gasteiger partial charge is 0.234 e. The number of hydrogen-bond donors (Lipinski definition) is 2. The molecular weight excluding hydrogens is 254 g/mol. The maximum atomic E-state index is 11.5. The normalized spacial score (nSPS) is 10.7. The Labute approximate surface area is 118 Å². The van der Waals surface area contributed by atoms with Crippen LogP contribution in [0.2, 0.25) is 0 Å². The number of pyridine rings is 1. The summed E-state index contributed by atoms with van der Waals surface area (Å²) >= 11 is 0. The van der Waals surface area contributed by atoms with E-state index >= 15 is 0 Å². The van der Waals surface area contributed by atoms with Crippen LogP contribution in [0.5, 0.6) is 0 Å². The van der Waals surface area contributed by atoms with Gasteiger partial charge in [0.25, 0.3) is 0 Å². The van der Waals surface area contributed by atoms with Gasteiger partial charge in [0.1, 0.15) is 0 Å². The summed E-state index contributed by atoms with van der Waals surface area (Å²) in [5, 5.41) is 8.19. The molecule has 0 aliphatic rings. The minimum atomic E-state index is -0.0241. The zero-order valence-corrected chi connectivity index (χ0v) is 11.6. The topological polar surface area (TPSA) is 63.2 Å². The van der Waals surface area contributed by atoms with Crippen LogP contribution in [0.25, 0.3) is 10.8 Å². The number of amides is 1. The van der Waals surface area contributed by atoms with Gasteiger partial charge in [-0.25, -0.2) is 0 Å². The molecule has 0 saturated carbocycles. The first-order chi connectivity index (χ1) is 9.81. The van der Waals surface area contributed by atoms with Crippen molar-refractivity contribution in [3.8, 4) is 0 Å². The molecule has 2 aromatic rings. The third kappa shape index (κ3) is 4.01.